The molecule has 104 valence electrons. The first-order valence-corrected chi connectivity index (χ1v) is 6.02. The van der Waals surface area contributed by atoms with E-state index in [1.807, 2.05) is 0 Å². The summed E-state index contributed by atoms with van der Waals surface area (Å²) in [5.41, 5.74) is -0.466. The highest BCUT2D eigenvalue weighted by molar-refractivity contribution is 6.34. The van der Waals surface area contributed by atoms with Crippen LogP contribution in [-0.2, 0) is 6.42 Å². The molecule has 0 aliphatic heterocycles. The molecule has 0 saturated carbocycles. The van der Waals surface area contributed by atoms with Crippen LogP contribution in [0, 0.1) is 10.1 Å². The predicted octanol–water partition coefficient (Wildman–Crippen LogP) is 1.34. The Hall–Kier alpha value is -2.48. The summed E-state index contributed by atoms with van der Waals surface area (Å²) in [4.78, 5) is 26.1. The third-order valence-electron chi connectivity index (χ3n) is 2.53. The SMILES string of the molecule is O=C(NCCc1ncn[nH]1)c1c(Cl)cccc1[N+](=O)[O-]. The Morgan fingerprint density at radius 3 is 2.95 bits per heavy atom. The summed E-state index contributed by atoms with van der Waals surface area (Å²) in [6.07, 6.45) is 1.79. The van der Waals surface area contributed by atoms with Crippen molar-refractivity contribution in [1.82, 2.24) is 20.5 Å². The molecule has 20 heavy (non-hydrogen) atoms. The molecule has 0 aliphatic rings. The van der Waals surface area contributed by atoms with E-state index < -0.39 is 10.8 Å². The minimum atomic E-state index is -0.642. The molecule has 0 unspecified atom stereocenters. The van der Waals surface area contributed by atoms with Crippen LogP contribution in [0.15, 0.2) is 24.5 Å². The second kappa shape index (κ2) is 6.11. The Morgan fingerprint density at radius 1 is 1.50 bits per heavy atom. The van der Waals surface area contributed by atoms with Crippen molar-refractivity contribution in [2.75, 3.05) is 6.54 Å². The van der Waals surface area contributed by atoms with Gasteiger partial charge < -0.3 is 5.32 Å². The summed E-state index contributed by atoms with van der Waals surface area (Å²) < 4.78 is 0. The highest BCUT2D eigenvalue weighted by atomic mass is 35.5. The standard InChI is InChI=1S/C11H10ClN5O3/c12-7-2-1-3-8(17(19)20)10(7)11(18)13-5-4-9-14-6-15-16-9/h1-3,6H,4-5H2,(H,13,18)(H,14,15,16). The normalized spacial score (nSPS) is 10.2. The quantitative estimate of drug-likeness (QED) is 0.638. The third-order valence-corrected chi connectivity index (χ3v) is 2.84. The molecular weight excluding hydrogens is 286 g/mol. The van der Waals surface area contributed by atoms with Gasteiger partial charge in [0, 0.05) is 19.0 Å². The molecule has 0 bridgehead atoms. The molecule has 0 atom stereocenters. The van der Waals surface area contributed by atoms with E-state index in [-0.39, 0.29) is 22.8 Å². The maximum atomic E-state index is 12.0. The van der Waals surface area contributed by atoms with Crippen molar-refractivity contribution in [2.45, 2.75) is 6.42 Å². The number of carbonyl (C=O) groups excluding carboxylic acids is 1. The number of amides is 1. The van der Waals surface area contributed by atoms with E-state index in [4.69, 9.17) is 11.6 Å². The molecule has 0 saturated heterocycles. The van der Waals surface area contributed by atoms with Crippen molar-refractivity contribution in [3.63, 3.8) is 0 Å². The molecule has 9 heteroatoms. The van der Waals surface area contributed by atoms with Crippen molar-refractivity contribution in [2.24, 2.45) is 0 Å². The summed E-state index contributed by atoms with van der Waals surface area (Å²) in [5.74, 6) is 0.0146. The van der Waals surface area contributed by atoms with Crippen molar-refractivity contribution >= 4 is 23.2 Å². The molecule has 1 aromatic carbocycles. The van der Waals surface area contributed by atoms with Gasteiger partial charge in [0.2, 0.25) is 0 Å². The largest absolute Gasteiger partial charge is 0.351 e. The van der Waals surface area contributed by atoms with E-state index in [1.54, 1.807) is 0 Å². The minimum Gasteiger partial charge on any atom is -0.351 e. The maximum absolute atomic E-state index is 12.0. The summed E-state index contributed by atoms with van der Waals surface area (Å²) in [6, 6.07) is 4.09. The van der Waals surface area contributed by atoms with Gasteiger partial charge in [-0.15, -0.1) is 0 Å². The molecule has 0 radical (unpaired) electrons. The van der Waals surface area contributed by atoms with Crippen LogP contribution in [-0.4, -0.2) is 32.6 Å². The number of benzene rings is 1. The lowest BCUT2D eigenvalue weighted by Crippen LogP contribution is -2.27. The highest BCUT2D eigenvalue weighted by Gasteiger charge is 2.22. The number of carbonyl (C=O) groups is 1. The zero-order valence-corrected chi connectivity index (χ0v) is 10.9. The number of H-pyrrole nitrogens is 1. The first-order valence-electron chi connectivity index (χ1n) is 5.65. The number of aromatic amines is 1. The fraction of sp³-hybridized carbons (Fsp3) is 0.182. The van der Waals surface area contributed by atoms with Crippen LogP contribution in [0.3, 0.4) is 0 Å². The van der Waals surface area contributed by atoms with E-state index in [9.17, 15) is 14.9 Å². The summed E-state index contributed by atoms with van der Waals surface area (Å²) in [7, 11) is 0. The fourth-order valence-corrected chi connectivity index (χ4v) is 1.88. The number of rotatable bonds is 5. The zero-order chi connectivity index (χ0) is 14.5. The number of nitro benzene ring substituents is 1. The van der Waals surface area contributed by atoms with Crippen LogP contribution in [0.2, 0.25) is 5.02 Å². The average Bonchev–Trinajstić information content (AvgIpc) is 2.91. The molecule has 0 aliphatic carbocycles. The predicted molar refractivity (Wildman–Crippen MR) is 70.5 cm³/mol. The Bertz CT molecular complexity index is 629. The Labute approximate surface area is 118 Å². The Morgan fingerprint density at radius 2 is 2.30 bits per heavy atom. The number of nitro groups is 1. The maximum Gasteiger partial charge on any atom is 0.283 e. The van der Waals surface area contributed by atoms with Gasteiger partial charge in [-0.1, -0.05) is 17.7 Å². The topological polar surface area (TPSA) is 114 Å². The van der Waals surface area contributed by atoms with Gasteiger partial charge in [-0.2, -0.15) is 5.10 Å². The zero-order valence-electron chi connectivity index (χ0n) is 10.2. The lowest BCUT2D eigenvalue weighted by molar-refractivity contribution is -0.385. The van der Waals surface area contributed by atoms with Crippen molar-refractivity contribution in [3.8, 4) is 0 Å². The third kappa shape index (κ3) is 3.09. The molecule has 2 aromatic rings. The van der Waals surface area contributed by atoms with Crippen LogP contribution in [0.5, 0.6) is 0 Å². The van der Waals surface area contributed by atoms with E-state index >= 15 is 0 Å². The monoisotopic (exact) mass is 295 g/mol. The van der Waals surface area contributed by atoms with Crippen LogP contribution in [0.25, 0.3) is 0 Å². The number of nitrogens with zero attached hydrogens (tertiary/aromatic N) is 3. The van der Waals surface area contributed by atoms with Crippen LogP contribution >= 0.6 is 11.6 Å². The van der Waals surface area contributed by atoms with Crippen molar-refractivity contribution in [3.05, 3.63) is 51.1 Å². The van der Waals surface area contributed by atoms with Crippen LogP contribution in [0.1, 0.15) is 16.2 Å². The molecule has 2 rings (SSSR count). The summed E-state index contributed by atoms with van der Waals surface area (Å²) in [6.45, 7) is 0.260. The van der Waals surface area contributed by atoms with Gasteiger partial charge >= 0.3 is 0 Å². The van der Waals surface area contributed by atoms with Crippen LogP contribution < -0.4 is 5.32 Å². The number of hydrogen-bond acceptors (Lipinski definition) is 5. The molecule has 2 N–H and O–H groups in total. The van der Waals surface area contributed by atoms with Gasteiger partial charge in [0.15, 0.2) is 0 Å². The van der Waals surface area contributed by atoms with Gasteiger partial charge in [-0.25, -0.2) is 4.98 Å². The van der Waals surface area contributed by atoms with Crippen LogP contribution in [0.4, 0.5) is 5.69 Å². The Kier molecular flexibility index (Phi) is 4.26. The number of aromatic nitrogens is 3. The lowest BCUT2D eigenvalue weighted by atomic mass is 10.1. The molecule has 0 fully saturated rings. The number of hydrogen-bond donors (Lipinski definition) is 2. The van der Waals surface area contributed by atoms with E-state index in [1.165, 1.54) is 24.5 Å². The van der Waals surface area contributed by atoms with E-state index in [0.717, 1.165) is 0 Å². The highest BCUT2D eigenvalue weighted by Crippen LogP contribution is 2.25. The molecule has 1 aromatic heterocycles. The van der Waals surface area contributed by atoms with Gasteiger partial charge in [-0.05, 0) is 6.07 Å². The number of halogens is 1. The van der Waals surface area contributed by atoms with Gasteiger partial charge in [0.1, 0.15) is 17.7 Å². The number of nitrogens with one attached hydrogen (secondary N) is 2. The van der Waals surface area contributed by atoms with E-state index in [0.29, 0.717) is 12.2 Å². The lowest BCUT2D eigenvalue weighted by Gasteiger charge is -2.06. The first kappa shape index (κ1) is 13.9. The average molecular weight is 296 g/mol. The molecule has 1 heterocycles. The Balaban J connectivity index is 2.07. The molecule has 8 nitrogen and oxygen atoms in total. The second-order valence-electron chi connectivity index (χ2n) is 3.83. The molecular formula is C11H10ClN5O3. The molecule has 1 amide bonds. The van der Waals surface area contributed by atoms with E-state index in [2.05, 4.69) is 20.5 Å². The summed E-state index contributed by atoms with van der Waals surface area (Å²) >= 11 is 5.85. The molecule has 0 spiro atoms. The van der Waals surface area contributed by atoms with Crippen molar-refractivity contribution < 1.29 is 9.72 Å². The van der Waals surface area contributed by atoms with Gasteiger partial charge in [-0.3, -0.25) is 20.0 Å². The van der Waals surface area contributed by atoms with Gasteiger partial charge in [0.25, 0.3) is 11.6 Å². The smallest absolute Gasteiger partial charge is 0.283 e. The minimum absolute atomic E-state index is 0.0383. The van der Waals surface area contributed by atoms with Gasteiger partial charge in [0.05, 0.1) is 9.95 Å². The second-order valence-corrected chi connectivity index (χ2v) is 4.24. The van der Waals surface area contributed by atoms with Crippen molar-refractivity contribution in [1.29, 1.82) is 0 Å². The fourth-order valence-electron chi connectivity index (χ4n) is 1.62. The first-order chi connectivity index (χ1) is 9.59. The summed E-state index contributed by atoms with van der Waals surface area (Å²) in [5, 5.41) is 19.8.